The Kier molecular flexibility index (Phi) is 3.94. The van der Waals surface area contributed by atoms with Crippen LogP contribution in [0.25, 0.3) is 0 Å². The van der Waals surface area contributed by atoms with Gasteiger partial charge < -0.3 is 13.7 Å². The van der Waals surface area contributed by atoms with Gasteiger partial charge in [0.25, 0.3) is 0 Å². The van der Waals surface area contributed by atoms with Crippen LogP contribution in [-0.2, 0) is 9.53 Å². The van der Waals surface area contributed by atoms with Crippen LogP contribution >= 0.6 is 0 Å². The second kappa shape index (κ2) is 5.06. The van der Waals surface area contributed by atoms with E-state index < -0.39 is 0 Å². The maximum absolute atomic E-state index is 12.4. The molecule has 0 amide bonds. The van der Waals surface area contributed by atoms with Crippen molar-refractivity contribution in [2.45, 2.75) is 38.3 Å². The summed E-state index contributed by atoms with van der Waals surface area (Å²) in [6.07, 6.45) is 3.61. The fourth-order valence-electron chi connectivity index (χ4n) is 3.20. The van der Waals surface area contributed by atoms with Crippen LogP contribution in [0.4, 0.5) is 0 Å². The summed E-state index contributed by atoms with van der Waals surface area (Å²) in [5.74, 6) is 0.792. The number of hydrogen-bond donors (Lipinski definition) is 0. The molecule has 0 N–H and O–H groups in total. The van der Waals surface area contributed by atoms with Crippen LogP contribution in [0.1, 0.15) is 26.2 Å². The van der Waals surface area contributed by atoms with E-state index in [0.29, 0.717) is 12.6 Å². The highest BCUT2D eigenvalue weighted by Gasteiger charge is 2.49. The fourth-order valence-corrected chi connectivity index (χ4v) is 3.20. The first-order chi connectivity index (χ1) is 8.72. The number of fused-ring (bicyclic) bond motifs is 3. The minimum absolute atomic E-state index is 0.0344. The van der Waals surface area contributed by atoms with Gasteiger partial charge >= 0.3 is 5.97 Å². The molecule has 4 heteroatoms. The average Bonchev–Trinajstić information content (AvgIpc) is 2.34. The van der Waals surface area contributed by atoms with Crippen LogP contribution in [0.15, 0.2) is 0 Å². The molecule has 4 nitrogen and oxygen atoms in total. The van der Waals surface area contributed by atoms with Gasteiger partial charge in [-0.15, -0.1) is 0 Å². The fraction of sp³-hybridized carbons (Fsp3) is 0.933. The van der Waals surface area contributed by atoms with Gasteiger partial charge in [-0.1, -0.05) is 0 Å². The Morgan fingerprint density at radius 2 is 1.89 bits per heavy atom. The quantitative estimate of drug-likeness (QED) is 0.568. The van der Waals surface area contributed by atoms with Crippen LogP contribution in [0, 0.1) is 5.92 Å². The highest BCUT2D eigenvalue weighted by Crippen LogP contribution is 2.37. The van der Waals surface area contributed by atoms with Crippen molar-refractivity contribution in [3.63, 3.8) is 0 Å². The Balaban J connectivity index is 1.90. The normalized spacial score (nSPS) is 36.1. The number of likely N-dealkylation sites (N-methyl/N-ethyl adjacent to an activating group) is 2. The van der Waals surface area contributed by atoms with E-state index in [4.69, 9.17) is 4.74 Å². The van der Waals surface area contributed by atoms with Gasteiger partial charge in [0.1, 0.15) is 12.6 Å². The molecule has 3 rings (SSSR count). The first-order valence-electron chi connectivity index (χ1n) is 7.54. The largest absolute Gasteiger partial charge is 0.455 e. The van der Waals surface area contributed by atoms with Gasteiger partial charge in [-0.3, -0.25) is 0 Å². The lowest BCUT2D eigenvalue weighted by atomic mass is 9.81. The molecule has 0 aromatic heterocycles. The van der Waals surface area contributed by atoms with E-state index in [1.54, 1.807) is 0 Å². The van der Waals surface area contributed by atoms with Crippen molar-refractivity contribution < 1.29 is 18.5 Å². The summed E-state index contributed by atoms with van der Waals surface area (Å²) in [6, 6.07) is 0.428. The van der Waals surface area contributed by atoms with Crippen molar-refractivity contribution in [3.05, 3.63) is 0 Å². The van der Waals surface area contributed by atoms with Crippen LogP contribution in [0.5, 0.6) is 0 Å². The third kappa shape index (κ3) is 3.11. The molecule has 0 aromatic rings. The zero-order valence-corrected chi connectivity index (χ0v) is 13.2. The lowest BCUT2D eigenvalue weighted by Crippen LogP contribution is -2.64. The first-order valence-corrected chi connectivity index (χ1v) is 7.54. The third-order valence-corrected chi connectivity index (χ3v) is 5.47. The minimum atomic E-state index is 0.0344. The molecule has 0 aromatic carbocycles. The lowest BCUT2D eigenvalue weighted by molar-refractivity contribution is -0.940. The van der Waals surface area contributed by atoms with Gasteiger partial charge in [0.05, 0.1) is 41.3 Å². The lowest BCUT2D eigenvalue weighted by Gasteiger charge is -2.50. The smallest absolute Gasteiger partial charge is 0.365 e. The number of nitrogens with zero attached hydrogens (tertiary/aromatic N) is 2. The zero-order valence-electron chi connectivity index (χ0n) is 13.2. The van der Waals surface area contributed by atoms with E-state index in [-0.39, 0.29) is 12.0 Å². The molecular formula is C15H30N2O2+2. The molecule has 2 unspecified atom stereocenters. The van der Waals surface area contributed by atoms with Crippen molar-refractivity contribution >= 4 is 5.97 Å². The number of hydrogen-bond acceptors (Lipinski definition) is 2. The number of esters is 1. The number of rotatable bonds is 4. The van der Waals surface area contributed by atoms with Gasteiger partial charge in [0.2, 0.25) is 0 Å². The van der Waals surface area contributed by atoms with E-state index in [1.807, 2.05) is 0 Å². The number of ether oxygens (including phenoxy) is 1. The SMILES string of the molecule is CC(COC(=O)C1CC2CC[N+]1(C)CC2)[N+](C)(C)C. The summed E-state index contributed by atoms with van der Waals surface area (Å²) >= 11 is 0. The molecule has 0 spiro atoms. The zero-order chi connectivity index (χ0) is 14.3. The Morgan fingerprint density at radius 3 is 2.37 bits per heavy atom. The number of quaternary nitrogens is 2. The Bertz CT molecular complexity index is 341. The molecule has 0 aliphatic carbocycles. The van der Waals surface area contributed by atoms with E-state index in [2.05, 4.69) is 35.1 Å². The second-order valence-corrected chi connectivity index (χ2v) is 7.72. The number of carbonyl (C=O) groups excluding carboxylic acids is 1. The maximum atomic E-state index is 12.4. The Labute approximate surface area is 117 Å². The van der Waals surface area contributed by atoms with Crippen molar-refractivity contribution in [1.29, 1.82) is 0 Å². The molecule has 0 radical (unpaired) electrons. The average molecular weight is 270 g/mol. The molecule has 3 heterocycles. The molecule has 3 aliphatic rings. The molecule has 2 bridgehead atoms. The molecule has 3 fully saturated rings. The molecule has 110 valence electrons. The van der Waals surface area contributed by atoms with Crippen LogP contribution < -0.4 is 0 Å². The van der Waals surface area contributed by atoms with Crippen molar-refractivity contribution in [2.75, 3.05) is 47.9 Å². The molecule has 0 saturated carbocycles. The van der Waals surface area contributed by atoms with E-state index in [0.717, 1.165) is 34.4 Å². The predicted octanol–water partition coefficient (Wildman–Crippen LogP) is 1.25. The molecule has 19 heavy (non-hydrogen) atoms. The summed E-state index contributed by atoms with van der Waals surface area (Å²) in [4.78, 5) is 12.4. The monoisotopic (exact) mass is 270 g/mol. The predicted molar refractivity (Wildman–Crippen MR) is 75.5 cm³/mol. The molecular weight excluding hydrogens is 240 g/mol. The molecule has 3 aliphatic heterocycles. The number of carbonyl (C=O) groups is 1. The maximum Gasteiger partial charge on any atom is 0.365 e. The van der Waals surface area contributed by atoms with E-state index in [9.17, 15) is 4.79 Å². The highest BCUT2D eigenvalue weighted by molar-refractivity contribution is 5.74. The summed E-state index contributed by atoms with van der Waals surface area (Å²) in [6.45, 7) is 4.96. The van der Waals surface area contributed by atoms with E-state index in [1.165, 1.54) is 12.8 Å². The summed E-state index contributed by atoms with van der Waals surface area (Å²) in [5.41, 5.74) is 0. The van der Waals surface area contributed by atoms with Gasteiger partial charge in [0.15, 0.2) is 6.04 Å². The first kappa shape index (κ1) is 14.8. The van der Waals surface area contributed by atoms with Gasteiger partial charge in [-0.05, 0) is 25.7 Å². The van der Waals surface area contributed by atoms with Crippen LogP contribution in [0.2, 0.25) is 0 Å². The number of piperidine rings is 3. The van der Waals surface area contributed by atoms with Gasteiger partial charge in [0, 0.05) is 6.42 Å². The van der Waals surface area contributed by atoms with Crippen LogP contribution in [0.3, 0.4) is 0 Å². The van der Waals surface area contributed by atoms with Crippen molar-refractivity contribution in [2.24, 2.45) is 5.92 Å². The topological polar surface area (TPSA) is 26.3 Å². The third-order valence-electron chi connectivity index (χ3n) is 5.47. The van der Waals surface area contributed by atoms with Gasteiger partial charge in [-0.2, -0.15) is 0 Å². The standard InChI is InChI=1S/C15H30N2O2/c1-12(16(2,3)4)11-19-15(18)14-10-13-6-8-17(14,5)9-7-13/h12-14H,6-11H2,1-5H3/q+2. The molecule has 2 atom stereocenters. The summed E-state index contributed by atoms with van der Waals surface area (Å²) in [7, 11) is 8.64. The summed E-state index contributed by atoms with van der Waals surface area (Å²) < 4.78 is 7.35. The Morgan fingerprint density at radius 1 is 1.32 bits per heavy atom. The van der Waals surface area contributed by atoms with Crippen molar-refractivity contribution in [3.8, 4) is 0 Å². The van der Waals surface area contributed by atoms with E-state index >= 15 is 0 Å². The van der Waals surface area contributed by atoms with Crippen molar-refractivity contribution in [1.82, 2.24) is 0 Å². The minimum Gasteiger partial charge on any atom is -0.455 e. The van der Waals surface area contributed by atoms with Crippen LogP contribution in [-0.4, -0.2) is 74.9 Å². The summed E-state index contributed by atoms with van der Waals surface area (Å²) in [5, 5.41) is 0. The second-order valence-electron chi connectivity index (χ2n) is 7.72. The Hall–Kier alpha value is -0.610. The van der Waals surface area contributed by atoms with Gasteiger partial charge in [-0.25, -0.2) is 4.79 Å². The molecule has 3 saturated heterocycles. The highest BCUT2D eigenvalue weighted by atomic mass is 16.5.